The molecule has 0 unspecified atom stereocenters. The fraction of sp³-hybridized carbons (Fsp3) is 0.150. The second-order valence-corrected chi connectivity index (χ2v) is 6.25. The molecule has 0 spiro atoms. The molecule has 0 aliphatic rings. The van der Waals surface area contributed by atoms with Crippen LogP contribution in [0.2, 0.25) is 5.02 Å². The molecule has 6 heteroatoms. The van der Waals surface area contributed by atoms with E-state index in [1.54, 1.807) is 37.3 Å². The Hall–Kier alpha value is -2.92. The molecule has 0 saturated carbocycles. The summed E-state index contributed by atoms with van der Waals surface area (Å²) < 4.78 is 5.16. The molecule has 0 bridgehead atoms. The number of aromatic nitrogens is 1. The van der Waals surface area contributed by atoms with Crippen LogP contribution in [0.3, 0.4) is 0 Å². The summed E-state index contributed by atoms with van der Waals surface area (Å²) in [4.78, 5) is 28.7. The molecule has 26 heavy (non-hydrogen) atoms. The van der Waals surface area contributed by atoms with E-state index in [9.17, 15) is 9.59 Å². The lowest BCUT2D eigenvalue weighted by molar-refractivity contribution is -0.124. The van der Waals surface area contributed by atoms with Crippen LogP contribution in [-0.4, -0.2) is 23.5 Å². The average molecular weight is 369 g/mol. The number of para-hydroxylation sites is 1. The first-order chi connectivity index (χ1) is 12.5. The zero-order chi connectivity index (χ0) is 18.5. The van der Waals surface area contributed by atoms with Crippen LogP contribution in [0.5, 0.6) is 0 Å². The lowest BCUT2D eigenvalue weighted by atomic mass is 10.1. The fourth-order valence-electron chi connectivity index (χ4n) is 2.58. The van der Waals surface area contributed by atoms with Crippen LogP contribution in [0.25, 0.3) is 10.9 Å². The Balaban J connectivity index is 1.61. The van der Waals surface area contributed by atoms with Gasteiger partial charge in [0.15, 0.2) is 6.61 Å². The van der Waals surface area contributed by atoms with Crippen LogP contribution < -0.4 is 5.32 Å². The minimum Gasteiger partial charge on any atom is -0.452 e. The third-order valence-electron chi connectivity index (χ3n) is 3.78. The van der Waals surface area contributed by atoms with Gasteiger partial charge in [0.25, 0.3) is 5.91 Å². The predicted molar refractivity (Wildman–Crippen MR) is 100 cm³/mol. The number of benzene rings is 2. The molecule has 0 aliphatic heterocycles. The van der Waals surface area contributed by atoms with Gasteiger partial charge in [-0.05, 0) is 36.8 Å². The molecule has 0 atom stereocenters. The van der Waals surface area contributed by atoms with Gasteiger partial charge in [0, 0.05) is 22.6 Å². The van der Waals surface area contributed by atoms with E-state index in [0.29, 0.717) is 33.7 Å². The van der Waals surface area contributed by atoms with E-state index < -0.39 is 5.97 Å². The van der Waals surface area contributed by atoms with Crippen molar-refractivity contribution in [2.24, 2.45) is 0 Å². The van der Waals surface area contributed by atoms with Gasteiger partial charge in [-0.2, -0.15) is 0 Å². The highest BCUT2D eigenvalue weighted by molar-refractivity contribution is 6.30. The quantitative estimate of drug-likeness (QED) is 0.698. The second-order valence-electron chi connectivity index (χ2n) is 5.81. The number of rotatable bonds is 5. The first-order valence-electron chi connectivity index (χ1n) is 8.07. The molecule has 1 amide bonds. The number of amides is 1. The molecule has 0 saturated heterocycles. The Morgan fingerprint density at radius 2 is 1.92 bits per heavy atom. The van der Waals surface area contributed by atoms with Crippen LogP contribution in [0, 0.1) is 6.92 Å². The van der Waals surface area contributed by atoms with Crippen LogP contribution in [-0.2, 0) is 16.1 Å². The highest BCUT2D eigenvalue weighted by atomic mass is 35.5. The Labute approximate surface area is 156 Å². The fourth-order valence-corrected chi connectivity index (χ4v) is 2.80. The SMILES string of the molecule is Cc1cc(C(=O)OCC(=O)NCc2cccc(Cl)c2)c2ccccc2n1. The van der Waals surface area contributed by atoms with E-state index in [2.05, 4.69) is 10.3 Å². The number of ether oxygens (including phenoxy) is 1. The molecule has 1 aromatic heterocycles. The monoisotopic (exact) mass is 368 g/mol. The molecule has 0 aliphatic carbocycles. The number of pyridine rings is 1. The van der Waals surface area contributed by atoms with Crippen molar-refractivity contribution in [3.63, 3.8) is 0 Å². The van der Waals surface area contributed by atoms with Crippen LogP contribution in [0.15, 0.2) is 54.6 Å². The van der Waals surface area contributed by atoms with E-state index in [1.165, 1.54) is 0 Å². The van der Waals surface area contributed by atoms with Gasteiger partial charge in [0.1, 0.15) is 0 Å². The number of carbonyl (C=O) groups excluding carboxylic acids is 2. The number of carbonyl (C=O) groups is 2. The van der Waals surface area contributed by atoms with Gasteiger partial charge in [-0.1, -0.05) is 41.9 Å². The molecule has 0 fully saturated rings. The van der Waals surface area contributed by atoms with Crippen molar-refractivity contribution in [1.29, 1.82) is 0 Å². The van der Waals surface area contributed by atoms with Crippen molar-refractivity contribution >= 4 is 34.4 Å². The average Bonchev–Trinajstić information content (AvgIpc) is 2.63. The minimum atomic E-state index is -0.551. The topological polar surface area (TPSA) is 68.3 Å². The lowest BCUT2D eigenvalue weighted by Gasteiger charge is -2.09. The molecule has 0 radical (unpaired) electrons. The van der Waals surface area contributed by atoms with E-state index in [0.717, 1.165) is 5.56 Å². The maximum absolute atomic E-state index is 12.4. The number of nitrogens with one attached hydrogen (secondary N) is 1. The molecule has 1 N–H and O–H groups in total. The molecule has 5 nitrogen and oxygen atoms in total. The summed E-state index contributed by atoms with van der Waals surface area (Å²) in [6, 6.07) is 16.2. The number of esters is 1. The van der Waals surface area contributed by atoms with Crippen molar-refractivity contribution in [1.82, 2.24) is 10.3 Å². The van der Waals surface area contributed by atoms with E-state index >= 15 is 0 Å². The summed E-state index contributed by atoms with van der Waals surface area (Å²) in [6.45, 7) is 1.77. The van der Waals surface area contributed by atoms with Crippen LogP contribution >= 0.6 is 11.6 Å². The number of halogens is 1. The molecule has 3 rings (SSSR count). The number of hydrogen-bond acceptors (Lipinski definition) is 4. The predicted octanol–water partition coefficient (Wildman–Crippen LogP) is 3.67. The molecule has 1 heterocycles. The van der Waals surface area contributed by atoms with Crippen molar-refractivity contribution in [2.45, 2.75) is 13.5 Å². The van der Waals surface area contributed by atoms with Gasteiger partial charge in [-0.25, -0.2) is 4.79 Å². The summed E-state index contributed by atoms with van der Waals surface area (Å²) in [5.41, 5.74) is 2.69. The zero-order valence-corrected chi connectivity index (χ0v) is 14.9. The number of nitrogens with zero attached hydrogens (tertiary/aromatic N) is 1. The largest absolute Gasteiger partial charge is 0.452 e. The molecule has 132 valence electrons. The Morgan fingerprint density at radius 3 is 2.73 bits per heavy atom. The lowest BCUT2D eigenvalue weighted by Crippen LogP contribution is -2.28. The molecule has 3 aromatic rings. The molecular formula is C20H17ClN2O3. The van der Waals surface area contributed by atoms with Crippen LogP contribution in [0.1, 0.15) is 21.6 Å². The smallest absolute Gasteiger partial charge is 0.339 e. The van der Waals surface area contributed by atoms with Crippen molar-refractivity contribution in [3.8, 4) is 0 Å². The summed E-state index contributed by atoms with van der Waals surface area (Å²) in [5.74, 6) is -0.932. The summed E-state index contributed by atoms with van der Waals surface area (Å²) >= 11 is 5.90. The van der Waals surface area contributed by atoms with E-state index in [-0.39, 0.29) is 12.5 Å². The summed E-state index contributed by atoms with van der Waals surface area (Å²) in [6.07, 6.45) is 0. The second kappa shape index (κ2) is 7.97. The maximum atomic E-state index is 12.4. The Kier molecular flexibility index (Phi) is 5.49. The summed E-state index contributed by atoms with van der Waals surface area (Å²) in [7, 11) is 0. The third-order valence-corrected chi connectivity index (χ3v) is 4.01. The standard InChI is InChI=1S/C20H17ClN2O3/c1-13-9-17(16-7-2-3-8-18(16)23-13)20(25)26-12-19(24)22-11-14-5-4-6-15(21)10-14/h2-10H,11-12H2,1H3,(H,22,24). The highest BCUT2D eigenvalue weighted by Gasteiger charge is 2.14. The van der Waals surface area contributed by atoms with Gasteiger partial charge in [0.2, 0.25) is 0 Å². The van der Waals surface area contributed by atoms with E-state index in [1.807, 2.05) is 24.3 Å². The zero-order valence-electron chi connectivity index (χ0n) is 14.2. The first kappa shape index (κ1) is 17.9. The normalized spacial score (nSPS) is 10.5. The van der Waals surface area contributed by atoms with Crippen molar-refractivity contribution < 1.29 is 14.3 Å². The van der Waals surface area contributed by atoms with Gasteiger partial charge in [0.05, 0.1) is 11.1 Å². The van der Waals surface area contributed by atoms with E-state index in [4.69, 9.17) is 16.3 Å². The van der Waals surface area contributed by atoms with Gasteiger partial charge >= 0.3 is 5.97 Å². The Bertz CT molecular complexity index is 972. The third kappa shape index (κ3) is 4.37. The number of fused-ring (bicyclic) bond motifs is 1. The summed E-state index contributed by atoms with van der Waals surface area (Å²) in [5, 5.41) is 3.99. The van der Waals surface area contributed by atoms with Gasteiger partial charge in [-0.15, -0.1) is 0 Å². The number of aryl methyl sites for hydroxylation is 1. The molecule has 2 aromatic carbocycles. The first-order valence-corrected chi connectivity index (χ1v) is 8.45. The van der Waals surface area contributed by atoms with Gasteiger partial charge < -0.3 is 10.1 Å². The van der Waals surface area contributed by atoms with Crippen LogP contribution in [0.4, 0.5) is 0 Å². The van der Waals surface area contributed by atoms with Gasteiger partial charge in [-0.3, -0.25) is 9.78 Å². The van der Waals surface area contributed by atoms with Crippen molar-refractivity contribution in [2.75, 3.05) is 6.61 Å². The highest BCUT2D eigenvalue weighted by Crippen LogP contribution is 2.19. The van der Waals surface area contributed by atoms with Crippen molar-refractivity contribution in [3.05, 3.63) is 76.4 Å². The molecular weight excluding hydrogens is 352 g/mol. The Morgan fingerprint density at radius 1 is 1.12 bits per heavy atom. The number of hydrogen-bond donors (Lipinski definition) is 1. The minimum absolute atomic E-state index is 0.314. The maximum Gasteiger partial charge on any atom is 0.339 e.